The Morgan fingerprint density at radius 3 is 2.65 bits per heavy atom. The number of benzene rings is 2. The van der Waals surface area contributed by atoms with E-state index in [-0.39, 0.29) is 18.0 Å². The van der Waals surface area contributed by atoms with Crippen LogP contribution in [0.25, 0.3) is 0 Å². The van der Waals surface area contributed by atoms with Gasteiger partial charge in [0, 0.05) is 29.4 Å². The lowest BCUT2D eigenvalue weighted by molar-refractivity contribution is 0.102. The average molecular weight is 458 g/mol. The summed E-state index contributed by atoms with van der Waals surface area (Å²) in [5, 5.41) is 3.36. The molecule has 160 valence electrons. The van der Waals surface area contributed by atoms with Gasteiger partial charge in [-0.15, -0.1) is 0 Å². The summed E-state index contributed by atoms with van der Waals surface area (Å²) in [6.07, 6.45) is 3.29. The lowest BCUT2D eigenvalue weighted by Gasteiger charge is -2.16. The van der Waals surface area contributed by atoms with E-state index in [1.807, 2.05) is 18.2 Å². The molecule has 0 aliphatic carbocycles. The lowest BCUT2D eigenvalue weighted by Crippen LogP contribution is -2.27. The molecule has 2 aromatic carbocycles. The Morgan fingerprint density at radius 1 is 1.13 bits per heavy atom. The van der Waals surface area contributed by atoms with Gasteiger partial charge in [0.1, 0.15) is 0 Å². The predicted octanol–water partition coefficient (Wildman–Crippen LogP) is 3.12. The van der Waals surface area contributed by atoms with Crippen molar-refractivity contribution in [3.8, 4) is 0 Å². The van der Waals surface area contributed by atoms with Crippen LogP contribution in [0.4, 0.5) is 11.4 Å². The minimum Gasteiger partial charge on any atom is -0.321 e. The summed E-state index contributed by atoms with van der Waals surface area (Å²) in [5.41, 5.74) is 2.88. The predicted molar refractivity (Wildman–Crippen MR) is 122 cm³/mol. The number of anilines is 2. The Balaban J connectivity index is 1.54. The van der Waals surface area contributed by atoms with Crippen LogP contribution in [-0.4, -0.2) is 31.7 Å². The van der Waals surface area contributed by atoms with Gasteiger partial charge >= 0.3 is 0 Å². The summed E-state index contributed by atoms with van der Waals surface area (Å²) in [7, 11) is -3.34. The molecule has 0 spiro atoms. The molecule has 0 fully saturated rings. The summed E-state index contributed by atoms with van der Waals surface area (Å²) < 4.78 is 26.6. The molecule has 2 heterocycles. The molecule has 0 saturated carbocycles. The van der Waals surface area contributed by atoms with E-state index >= 15 is 0 Å². The van der Waals surface area contributed by atoms with Crippen LogP contribution in [0, 0.1) is 0 Å². The van der Waals surface area contributed by atoms with E-state index in [1.54, 1.807) is 36.5 Å². The first-order chi connectivity index (χ1) is 14.7. The topological polar surface area (TPSA) is 88.5 Å². The van der Waals surface area contributed by atoms with Gasteiger partial charge in [0.25, 0.3) is 11.5 Å². The molecule has 1 aliphatic heterocycles. The third-order valence-electron chi connectivity index (χ3n) is 5.13. The number of aromatic nitrogens is 1. The van der Waals surface area contributed by atoms with Crippen LogP contribution < -0.4 is 15.2 Å². The average Bonchev–Trinajstić information content (AvgIpc) is 3.16. The van der Waals surface area contributed by atoms with Crippen LogP contribution >= 0.6 is 11.6 Å². The third kappa shape index (κ3) is 4.50. The Hall–Kier alpha value is -3.10. The van der Waals surface area contributed by atoms with Crippen LogP contribution in [0.5, 0.6) is 0 Å². The van der Waals surface area contributed by atoms with E-state index in [9.17, 15) is 18.0 Å². The van der Waals surface area contributed by atoms with Crippen molar-refractivity contribution in [1.29, 1.82) is 0 Å². The molecule has 0 radical (unpaired) electrons. The smallest absolute Gasteiger partial charge is 0.255 e. The number of amides is 1. The lowest BCUT2D eigenvalue weighted by atomic mass is 10.1. The van der Waals surface area contributed by atoms with Crippen LogP contribution in [-0.2, 0) is 23.0 Å². The summed E-state index contributed by atoms with van der Waals surface area (Å²) >= 11 is 6.19. The van der Waals surface area contributed by atoms with E-state index in [2.05, 4.69) is 5.32 Å². The number of hydrogen-bond acceptors (Lipinski definition) is 4. The fourth-order valence-corrected chi connectivity index (χ4v) is 4.75. The van der Waals surface area contributed by atoms with Gasteiger partial charge in [-0.05, 0) is 47.9 Å². The number of hydrogen-bond donors (Lipinski definition) is 1. The zero-order chi connectivity index (χ0) is 22.2. The SMILES string of the molecule is CS(=O)(=O)N1CCc2cc(C(=O)Nc3ccc(=O)n(Cc4ccccc4Cl)c3)ccc21. The van der Waals surface area contributed by atoms with Gasteiger partial charge in [0.05, 0.1) is 24.2 Å². The van der Waals surface area contributed by atoms with Gasteiger partial charge in [-0.2, -0.15) is 0 Å². The van der Waals surface area contributed by atoms with Crippen LogP contribution in [0.3, 0.4) is 0 Å². The molecule has 1 N–H and O–H groups in total. The number of fused-ring (bicyclic) bond motifs is 1. The van der Waals surface area contributed by atoms with Crippen molar-refractivity contribution in [3.05, 3.63) is 92.9 Å². The summed E-state index contributed by atoms with van der Waals surface area (Å²) in [6, 6.07) is 15.1. The molecular formula is C22H20ClN3O4S. The molecule has 0 bridgehead atoms. The van der Waals surface area contributed by atoms with Gasteiger partial charge in [0.15, 0.2) is 0 Å². The van der Waals surface area contributed by atoms with Crippen molar-refractivity contribution in [3.63, 3.8) is 0 Å². The van der Waals surface area contributed by atoms with Crippen molar-refractivity contribution in [2.24, 2.45) is 0 Å². The first-order valence-electron chi connectivity index (χ1n) is 9.58. The van der Waals surface area contributed by atoms with E-state index in [1.165, 1.54) is 21.2 Å². The largest absolute Gasteiger partial charge is 0.321 e. The summed E-state index contributed by atoms with van der Waals surface area (Å²) in [4.78, 5) is 25.0. The highest BCUT2D eigenvalue weighted by Gasteiger charge is 2.26. The fraction of sp³-hybridized carbons (Fsp3) is 0.182. The third-order valence-corrected chi connectivity index (χ3v) is 6.68. The second-order valence-corrected chi connectivity index (χ2v) is 9.67. The van der Waals surface area contributed by atoms with Gasteiger partial charge < -0.3 is 9.88 Å². The van der Waals surface area contributed by atoms with Crippen LogP contribution in [0.2, 0.25) is 5.02 Å². The molecule has 31 heavy (non-hydrogen) atoms. The number of carbonyl (C=O) groups excluding carboxylic acids is 1. The van der Waals surface area contributed by atoms with Crippen molar-refractivity contribution >= 4 is 38.9 Å². The van der Waals surface area contributed by atoms with Crippen molar-refractivity contribution in [1.82, 2.24) is 4.57 Å². The fourth-order valence-electron chi connectivity index (χ4n) is 3.60. The maximum Gasteiger partial charge on any atom is 0.255 e. The molecule has 7 nitrogen and oxygen atoms in total. The zero-order valence-corrected chi connectivity index (χ0v) is 18.3. The second kappa shape index (κ2) is 8.20. The first-order valence-corrected chi connectivity index (χ1v) is 11.8. The van der Waals surface area contributed by atoms with E-state index < -0.39 is 10.0 Å². The highest BCUT2D eigenvalue weighted by Crippen LogP contribution is 2.30. The molecular weight excluding hydrogens is 438 g/mol. The van der Waals surface area contributed by atoms with Crippen molar-refractivity contribution < 1.29 is 13.2 Å². The Morgan fingerprint density at radius 2 is 1.90 bits per heavy atom. The molecule has 9 heteroatoms. The summed E-state index contributed by atoms with van der Waals surface area (Å²) in [6.45, 7) is 0.647. The van der Waals surface area contributed by atoms with Gasteiger partial charge in [-0.1, -0.05) is 29.8 Å². The Bertz CT molecular complexity index is 1330. The highest BCUT2D eigenvalue weighted by atomic mass is 35.5. The first kappa shape index (κ1) is 21.1. The molecule has 0 atom stereocenters. The Kier molecular flexibility index (Phi) is 5.60. The van der Waals surface area contributed by atoms with Crippen LogP contribution in [0.1, 0.15) is 21.5 Å². The maximum atomic E-state index is 12.7. The molecule has 3 aromatic rings. The van der Waals surface area contributed by atoms with E-state index in [0.29, 0.717) is 34.9 Å². The quantitative estimate of drug-likeness (QED) is 0.637. The zero-order valence-electron chi connectivity index (χ0n) is 16.7. The number of sulfonamides is 1. The molecule has 4 rings (SSSR count). The van der Waals surface area contributed by atoms with Crippen molar-refractivity contribution in [2.45, 2.75) is 13.0 Å². The maximum absolute atomic E-state index is 12.7. The van der Waals surface area contributed by atoms with Crippen LogP contribution in [0.15, 0.2) is 65.6 Å². The monoisotopic (exact) mass is 457 g/mol. The van der Waals surface area contributed by atoms with E-state index in [0.717, 1.165) is 11.1 Å². The van der Waals surface area contributed by atoms with Gasteiger partial charge in [0.2, 0.25) is 10.0 Å². The standard InChI is InChI=1S/C22H20ClN3O4S/c1-31(29,30)26-11-10-15-12-16(6-8-20(15)26)22(28)24-18-7-9-21(27)25(14-18)13-17-4-2-3-5-19(17)23/h2-9,12,14H,10-11,13H2,1H3,(H,24,28). The number of pyridine rings is 1. The van der Waals surface area contributed by atoms with Gasteiger partial charge in [-0.25, -0.2) is 8.42 Å². The van der Waals surface area contributed by atoms with Crippen molar-refractivity contribution in [2.75, 3.05) is 22.4 Å². The minimum absolute atomic E-state index is 0.212. The molecule has 0 unspecified atom stereocenters. The normalized spacial score (nSPS) is 13.2. The summed E-state index contributed by atoms with van der Waals surface area (Å²) in [5.74, 6) is -0.344. The number of nitrogens with one attached hydrogen (secondary N) is 1. The highest BCUT2D eigenvalue weighted by molar-refractivity contribution is 7.92. The number of nitrogens with zero attached hydrogens (tertiary/aromatic N) is 2. The van der Waals surface area contributed by atoms with E-state index in [4.69, 9.17) is 11.6 Å². The number of halogens is 1. The minimum atomic E-state index is -3.34. The second-order valence-electron chi connectivity index (χ2n) is 7.36. The molecule has 0 saturated heterocycles. The number of rotatable bonds is 5. The Labute approximate surface area is 184 Å². The molecule has 1 aliphatic rings. The number of carbonyl (C=O) groups is 1. The molecule has 1 aromatic heterocycles. The molecule has 1 amide bonds. The van der Waals surface area contributed by atoms with Gasteiger partial charge in [-0.3, -0.25) is 13.9 Å².